The highest BCUT2D eigenvalue weighted by atomic mass is 35.5. The van der Waals surface area contributed by atoms with Crippen molar-refractivity contribution in [1.82, 2.24) is 9.55 Å². The summed E-state index contributed by atoms with van der Waals surface area (Å²) in [5.74, 6) is 0.431. The molecule has 1 aliphatic heterocycles. The summed E-state index contributed by atoms with van der Waals surface area (Å²) in [7, 11) is 0. The number of rotatable bonds is 1. The largest absolute Gasteiger partial charge is 0.384 e. The van der Waals surface area contributed by atoms with Crippen LogP contribution < -0.4 is 5.73 Å². The summed E-state index contributed by atoms with van der Waals surface area (Å²) in [5.41, 5.74) is 9.58. The molecule has 5 heteroatoms. The summed E-state index contributed by atoms with van der Waals surface area (Å²) in [6.07, 6.45) is 2.48. The van der Waals surface area contributed by atoms with Gasteiger partial charge in [0.25, 0.3) is 0 Å². The van der Waals surface area contributed by atoms with Crippen molar-refractivity contribution in [2.75, 3.05) is 5.73 Å². The Hall–Kier alpha value is -1.99. The summed E-state index contributed by atoms with van der Waals surface area (Å²) in [6, 6.07) is 5.93. The molecule has 0 fully saturated rings. The fourth-order valence-electron chi connectivity index (χ4n) is 2.88. The van der Waals surface area contributed by atoms with Gasteiger partial charge in [-0.3, -0.25) is 0 Å². The molecule has 0 unspecified atom stereocenters. The van der Waals surface area contributed by atoms with Crippen LogP contribution in [0.5, 0.6) is 0 Å². The highest BCUT2D eigenvalue weighted by Gasteiger charge is 2.33. The van der Waals surface area contributed by atoms with Crippen LogP contribution in [-0.4, -0.2) is 9.55 Å². The topological polar surface area (TPSA) is 67.6 Å². The van der Waals surface area contributed by atoms with Gasteiger partial charge in [0.05, 0.1) is 5.02 Å². The van der Waals surface area contributed by atoms with Crippen molar-refractivity contribution in [3.63, 3.8) is 0 Å². The predicted octanol–water partition coefficient (Wildman–Crippen LogP) is 3.24. The molecular formula is C15H15ClN4. The molecule has 3 rings (SSSR count). The van der Waals surface area contributed by atoms with E-state index in [1.54, 1.807) is 12.3 Å². The van der Waals surface area contributed by atoms with E-state index in [0.29, 0.717) is 16.5 Å². The number of hydrogen-bond donors (Lipinski definition) is 1. The molecule has 0 aliphatic carbocycles. The zero-order valence-electron chi connectivity index (χ0n) is 11.4. The van der Waals surface area contributed by atoms with Crippen molar-refractivity contribution < 1.29 is 0 Å². The average molecular weight is 287 g/mol. The van der Waals surface area contributed by atoms with Gasteiger partial charge in [-0.1, -0.05) is 25.4 Å². The number of nitrogen functional groups attached to an aromatic ring is 1. The number of aromatic nitrogens is 2. The summed E-state index contributed by atoms with van der Waals surface area (Å²) in [4.78, 5) is 3.99. The number of halogens is 1. The molecule has 0 saturated heterocycles. The van der Waals surface area contributed by atoms with Crippen LogP contribution in [0.2, 0.25) is 5.02 Å². The molecule has 20 heavy (non-hydrogen) atoms. The van der Waals surface area contributed by atoms with Gasteiger partial charge in [0, 0.05) is 29.6 Å². The fraction of sp³-hybridized carbons (Fsp3) is 0.333. The lowest BCUT2D eigenvalue weighted by Crippen LogP contribution is -2.13. The molecule has 0 radical (unpaired) electrons. The lowest BCUT2D eigenvalue weighted by molar-refractivity contribution is 0.358. The maximum absolute atomic E-state index is 9.32. The number of anilines is 1. The molecule has 0 bridgehead atoms. The number of nitrogens with zero attached hydrogens (tertiary/aromatic N) is 3. The lowest BCUT2D eigenvalue weighted by Gasteiger charge is -2.15. The summed E-state index contributed by atoms with van der Waals surface area (Å²) >= 11 is 6.25. The number of nitriles is 1. The molecule has 2 N–H and O–H groups in total. The van der Waals surface area contributed by atoms with Crippen molar-refractivity contribution in [2.24, 2.45) is 5.41 Å². The van der Waals surface area contributed by atoms with E-state index in [-0.39, 0.29) is 5.41 Å². The third-order valence-electron chi connectivity index (χ3n) is 3.72. The molecule has 0 saturated carbocycles. The summed E-state index contributed by atoms with van der Waals surface area (Å²) in [6.45, 7) is 5.25. The van der Waals surface area contributed by atoms with Crippen LogP contribution in [0.15, 0.2) is 18.3 Å². The van der Waals surface area contributed by atoms with E-state index in [2.05, 4.69) is 29.5 Å². The van der Waals surface area contributed by atoms with E-state index in [1.807, 2.05) is 6.07 Å². The van der Waals surface area contributed by atoms with Crippen molar-refractivity contribution in [1.29, 1.82) is 5.26 Å². The molecular weight excluding hydrogens is 272 g/mol. The van der Waals surface area contributed by atoms with Gasteiger partial charge >= 0.3 is 0 Å². The van der Waals surface area contributed by atoms with Crippen molar-refractivity contribution in [2.45, 2.75) is 26.8 Å². The Morgan fingerprint density at radius 3 is 2.85 bits per heavy atom. The molecule has 0 aromatic carbocycles. The van der Waals surface area contributed by atoms with Crippen LogP contribution in [0.25, 0.3) is 11.1 Å². The Kier molecular flexibility index (Phi) is 2.77. The molecule has 1 aliphatic rings. The maximum Gasteiger partial charge on any atom is 0.124 e. The van der Waals surface area contributed by atoms with Crippen molar-refractivity contribution in [3.05, 3.63) is 34.7 Å². The smallest absolute Gasteiger partial charge is 0.124 e. The summed E-state index contributed by atoms with van der Waals surface area (Å²) in [5, 5.41) is 9.87. The van der Waals surface area contributed by atoms with Gasteiger partial charge in [0.2, 0.25) is 0 Å². The minimum absolute atomic E-state index is 0.155. The van der Waals surface area contributed by atoms with Gasteiger partial charge in [-0.25, -0.2) is 4.98 Å². The highest BCUT2D eigenvalue weighted by Crippen LogP contribution is 2.41. The second-order valence-electron chi connectivity index (χ2n) is 6.02. The number of pyridine rings is 1. The quantitative estimate of drug-likeness (QED) is 0.875. The Balaban J connectivity index is 2.22. The maximum atomic E-state index is 9.32. The monoisotopic (exact) mass is 286 g/mol. The number of hydrogen-bond acceptors (Lipinski definition) is 3. The first-order valence-electron chi connectivity index (χ1n) is 6.45. The average Bonchev–Trinajstić information content (AvgIpc) is 2.85. The molecule has 4 nitrogen and oxygen atoms in total. The van der Waals surface area contributed by atoms with Gasteiger partial charge < -0.3 is 10.3 Å². The van der Waals surface area contributed by atoms with Gasteiger partial charge in [-0.15, -0.1) is 0 Å². The first kappa shape index (κ1) is 13.0. The van der Waals surface area contributed by atoms with Gasteiger partial charge in [-0.05, 0) is 24.0 Å². The molecule has 0 amide bonds. The van der Waals surface area contributed by atoms with E-state index in [0.717, 1.165) is 29.8 Å². The van der Waals surface area contributed by atoms with Crippen LogP contribution >= 0.6 is 11.6 Å². The summed E-state index contributed by atoms with van der Waals surface area (Å²) < 4.78 is 2.09. The zero-order valence-corrected chi connectivity index (χ0v) is 12.2. The van der Waals surface area contributed by atoms with Gasteiger partial charge in [0.15, 0.2) is 0 Å². The second kappa shape index (κ2) is 4.26. The van der Waals surface area contributed by atoms with Gasteiger partial charge in [-0.2, -0.15) is 5.26 Å². The van der Waals surface area contributed by atoms with Crippen LogP contribution in [0.4, 0.5) is 5.82 Å². The van der Waals surface area contributed by atoms with E-state index < -0.39 is 0 Å². The van der Waals surface area contributed by atoms with Crippen LogP contribution in [-0.2, 0) is 13.0 Å². The second-order valence-corrected chi connectivity index (χ2v) is 6.43. The number of nitrogens with two attached hydrogens (primary N) is 1. The first-order valence-corrected chi connectivity index (χ1v) is 6.83. The third kappa shape index (κ3) is 1.95. The van der Waals surface area contributed by atoms with Crippen molar-refractivity contribution in [3.8, 4) is 17.2 Å². The standard InChI is InChI=1S/C15H15ClN4/c1-15(2)5-13-11(3-9(6-17)20(13)8-15)10-4-14(18)19-7-12(10)16/h3-4,7H,5,8H2,1-2H3,(H2,18,19). The normalized spacial score (nSPS) is 15.9. The minimum Gasteiger partial charge on any atom is -0.384 e. The lowest BCUT2D eigenvalue weighted by atomic mass is 9.89. The Morgan fingerprint density at radius 2 is 2.15 bits per heavy atom. The van der Waals surface area contributed by atoms with E-state index in [9.17, 15) is 5.26 Å². The molecule has 3 heterocycles. The zero-order chi connectivity index (χ0) is 14.5. The number of fused-ring (bicyclic) bond motifs is 1. The Bertz CT molecular complexity index is 737. The molecule has 2 aromatic heterocycles. The van der Waals surface area contributed by atoms with E-state index >= 15 is 0 Å². The molecule has 0 spiro atoms. The molecule has 102 valence electrons. The Labute approximate surface area is 122 Å². The Morgan fingerprint density at radius 1 is 1.40 bits per heavy atom. The minimum atomic E-state index is 0.155. The third-order valence-corrected chi connectivity index (χ3v) is 4.02. The first-order chi connectivity index (χ1) is 9.41. The highest BCUT2D eigenvalue weighted by molar-refractivity contribution is 6.33. The van der Waals surface area contributed by atoms with Gasteiger partial charge in [0.1, 0.15) is 17.6 Å². The molecule has 0 atom stereocenters. The fourth-order valence-corrected chi connectivity index (χ4v) is 3.09. The van der Waals surface area contributed by atoms with Crippen LogP contribution in [0.1, 0.15) is 25.2 Å². The SMILES string of the molecule is CC1(C)Cc2c(-c3cc(N)ncc3Cl)cc(C#N)n2C1. The van der Waals surface area contributed by atoms with Crippen LogP contribution in [0.3, 0.4) is 0 Å². The van der Waals surface area contributed by atoms with Crippen molar-refractivity contribution >= 4 is 17.4 Å². The molecule has 2 aromatic rings. The van der Waals surface area contributed by atoms with Crippen LogP contribution in [0, 0.1) is 16.7 Å². The predicted molar refractivity (Wildman–Crippen MR) is 79.3 cm³/mol. The van der Waals surface area contributed by atoms with E-state index in [4.69, 9.17) is 17.3 Å². The van der Waals surface area contributed by atoms with E-state index in [1.165, 1.54) is 0 Å².